The molecule has 34 heavy (non-hydrogen) atoms. The molecule has 7 heteroatoms. The molecule has 1 heterocycles. The molecule has 7 nitrogen and oxygen atoms in total. The van der Waals surface area contributed by atoms with Gasteiger partial charge in [-0.3, -0.25) is 9.59 Å². The highest BCUT2D eigenvalue weighted by Gasteiger charge is 2.46. The second-order valence-corrected chi connectivity index (χ2v) is 7.76. The standard InChI is InChI=1S/C27H25NO6/c1-32-20-11-7-10-19(15-20)24-23(25(29)18-8-5-4-6-9-18)26(30)27(31)28(24)16-17-12-13-21(33-2)22(14-17)34-3/h4-15,24,29H,16H2,1-3H3/b25-23+. The SMILES string of the molecule is COc1cccc(C2/C(=C(\O)c3ccccc3)C(=O)C(=O)N2Cc2ccc(OC)c(OC)c2)c1. The van der Waals surface area contributed by atoms with Gasteiger partial charge in [-0.1, -0.05) is 48.5 Å². The third-order valence-electron chi connectivity index (χ3n) is 5.80. The molecule has 1 aliphatic heterocycles. The number of ketones is 1. The Hall–Kier alpha value is -4.26. The Kier molecular flexibility index (Phi) is 6.54. The molecule has 3 aromatic carbocycles. The number of aliphatic hydroxyl groups excluding tert-OH is 1. The Balaban J connectivity index is 1.84. The molecule has 1 N–H and O–H groups in total. The summed E-state index contributed by atoms with van der Waals surface area (Å²) in [6, 6.07) is 20.4. The van der Waals surface area contributed by atoms with E-state index in [0.717, 1.165) is 5.56 Å². The zero-order chi connectivity index (χ0) is 24.2. The van der Waals surface area contributed by atoms with Crippen molar-refractivity contribution in [1.29, 1.82) is 0 Å². The summed E-state index contributed by atoms with van der Waals surface area (Å²) in [7, 11) is 4.62. The van der Waals surface area contributed by atoms with Gasteiger partial charge in [0.2, 0.25) is 0 Å². The van der Waals surface area contributed by atoms with Crippen molar-refractivity contribution in [2.75, 3.05) is 21.3 Å². The lowest BCUT2D eigenvalue weighted by atomic mass is 9.95. The number of ether oxygens (including phenoxy) is 3. The van der Waals surface area contributed by atoms with Crippen molar-refractivity contribution in [2.45, 2.75) is 12.6 Å². The van der Waals surface area contributed by atoms with E-state index in [1.807, 2.05) is 6.07 Å². The quantitative estimate of drug-likeness (QED) is 0.322. The molecule has 0 radical (unpaired) electrons. The van der Waals surface area contributed by atoms with E-state index in [2.05, 4.69) is 0 Å². The van der Waals surface area contributed by atoms with Crippen molar-refractivity contribution in [3.8, 4) is 17.2 Å². The van der Waals surface area contributed by atoms with Gasteiger partial charge in [-0.25, -0.2) is 0 Å². The monoisotopic (exact) mass is 459 g/mol. The summed E-state index contributed by atoms with van der Waals surface area (Å²) < 4.78 is 16.0. The largest absolute Gasteiger partial charge is 0.507 e. The molecule has 0 spiro atoms. The van der Waals surface area contributed by atoms with Crippen molar-refractivity contribution >= 4 is 17.4 Å². The normalized spacial score (nSPS) is 17.0. The average molecular weight is 459 g/mol. The predicted molar refractivity (Wildman–Crippen MR) is 127 cm³/mol. The van der Waals surface area contributed by atoms with Crippen LogP contribution in [0.5, 0.6) is 17.2 Å². The molecule has 1 saturated heterocycles. The van der Waals surface area contributed by atoms with Crippen molar-refractivity contribution in [3.05, 3.63) is 95.1 Å². The van der Waals surface area contributed by atoms with E-state index in [-0.39, 0.29) is 17.9 Å². The van der Waals surface area contributed by atoms with Crippen molar-refractivity contribution in [2.24, 2.45) is 0 Å². The first-order chi connectivity index (χ1) is 16.5. The van der Waals surface area contributed by atoms with Crippen LogP contribution in [-0.4, -0.2) is 43.0 Å². The first-order valence-corrected chi connectivity index (χ1v) is 10.7. The molecule has 1 amide bonds. The smallest absolute Gasteiger partial charge is 0.295 e. The van der Waals surface area contributed by atoms with Crippen molar-refractivity contribution in [3.63, 3.8) is 0 Å². The van der Waals surface area contributed by atoms with Crippen LogP contribution in [0.25, 0.3) is 5.76 Å². The number of aliphatic hydroxyl groups is 1. The Bertz CT molecular complexity index is 1250. The molecule has 1 atom stereocenters. The zero-order valence-electron chi connectivity index (χ0n) is 19.1. The number of carbonyl (C=O) groups excluding carboxylic acids is 2. The molecule has 0 aliphatic carbocycles. The van der Waals surface area contributed by atoms with Gasteiger partial charge in [0.25, 0.3) is 11.7 Å². The molecular formula is C27H25NO6. The van der Waals surface area contributed by atoms with Crippen molar-refractivity contribution in [1.82, 2.24) is 4.90 Å². The van der Waals surface area contributed by atoms with Crippen LogP contribution in [0.2, 0.25) is 0 Å². The maximum Gasteiger partial charge on any atom is 0.295 e. The van der Waals surface area contributed by atoms with E-state index >= 15 is 0 Å². The molecule has 0 aromatic heterocycles. The summed E-state index contributed by atoms with van der Waals surface area (Å²) in [6.07, 6.45) is 0. The Morgan fingerprint density at radius 3 is 2.26 bits per heavy atom. The average Bonchev–Trinajstić information content (AvgIpc) is 3.13. The summed E-state index contributed by atoms with van der Waals surface area (Å²) >= 11 is 0. The first-order valence-electron chi connectivity index (χ1n) is 10.7. The summed E-state index contributed by atoms with van der Waals surface area (Å²) in [5.74, 6) is -0.00855. The summed E-state index contributed by atoms with van der Waals surface area (Å²) in [6.45, 7) is 0.123. The Morgan fingerprint density at radius 2 is 1.59 bits per heavy atom. The van der Waals surface area contributed by atoms with Crippen LogP contribution in [0, 0.1) is 0 Å². The lowest BCUT2D eigenvalue weighted by molar-refractivity contribution is -0.140. The highest BCUT2D eigenvalue weighted by Crippen LogP contribution is 2.41. The third kappa shape index (κ3) is 4.20. The fourth-order valence-electron chi connectivity index (χ4n) is 4.13. The summed E-state index contributed by atoms with van der Waals surface area (Å²) in [5, 5.41) is 11.1. The molecule has 4 rings (SSSR count). The van der Waals surface area contributed by atoms with E-state index in [0.29, 0.717) is 28.4 Å². The van der Waals surface area contributed by atoms with Gasteiger partial charge in [-0.05, 0) is 35.4 Å². The highest BCUT2D eigenvalue weighted by atomic mass is 16.5. The molecule has 174 valence electrons. The van der Waals surface area contributed by atoms with Gasteiger partial charge < -0.3 is 24.2 Å². The number of carbonyl (C=O) groups is 2. The van der Waals surface area contributed by atoms with Crippen LogP contribution in [-0.2, 0) is 16.1 Å². The second-order valence-electron chi connectivity index (χ2n) is 7.76. The number of methoxy groups -OCH3 is 3. The zero-order valence-corrected chi connectivity index (χ0v) is 19.1. The van der Waals surface area contributed by atoms with E-state index < -0.39 is 17.7 Å². The number of likely N-dealkylation sites (tertiary alicyclic amines) is 1. The fourth-order valence-corrected chi connectivity index (χ4v) is 4.13. The number of rotatable bonds is 7. The molecule has 0 bridgehead atoms. The van der Waals surface area contributed by atoms with Crippen molar-refractivity contribution < 1.29 is 28.9 Å². The van der Waals surface area contributed by atoms with Crippen LogP contribution in [0.15, 0.2) is 78.4 Å². The van der Waals surface area contributed by atoms with Crippen LogP contribution < -0.4 is 14.2 Å². The number of Topliss-reactive ketones (excluding diaryl/α,β-unsaturated/α-hetero) is 1. The van der Waals surface area contributed by atoms with Gasteiger partial charge in [0, 0.05) is 12.1 Å². The summed E-state index contributed by atoms with van der Waals surface area (Å²) in [4.78, 5) is 27.9. The Morgan fingerprint density at radius 1 is 0.853 bits per heavy atom. The van der Waals surface area contributed by atoms with Gasteiger partial charge in [0.05, 0.1) is 32.9 Å². The Labute approximate surface area is 197 Å². The number of nitrogens with zero attached hydrogens (tertiary/aromatic N) is 1. The second kappa shape index (κ2) is 9.70. The number of amides is 1. The topological polar surface area (TPSA) is 85.3 Å². The first kappa shape index (κ1) is 22.9. The molecule has 1 aliphatic rings. The number of hydrogen-bond acceptors (Lipinski definition) is 6. The maximum atomic E-state index is 13.2. The van der Waals surface area contributed by atoms with Gasteiger partial charge in [0.1, 0.15) is 11.5 Å². The summed E-state index contributed by atoms with van der Waals surface area (Å²) in [5.41, 5.74) is 1.88. The van der Waals surface area contributed by atoms with Gasteiger partial charge in [0.15, 0.2) is 11.5 Å². The van der Waals surface area contributed by atoms with Gasteiger partial charge in [-0.15, -0.1) is 0 Å². The molecule has 3 aromatic rings. The molecule has 1 unspecified atom stereocenters. The van der Waals surface area contributed by atoms with E-state index in [1.54, 1.807) is 80.9 Å². The minimum absolute atomic E-state index is 0.0323. The lowest BCUT2D eigenvalue weighted by Crippen LogP contribution is -2.29. The van der Waals surface area contributed by atoms with Gasteiger partial charge in [-0.2, -0.15) is 0 Å². The predicted octanol–water partition coefficient (Wildman–Crippen LogP) is 4.33. The van der Waals surface area contributed by atoms with Crippen LogP contribution in [0.4, 0.5) is 0 Å². The van der Waals surface area contributed by atoms with E-state index in [9.17, 15) is 14.7 Å². The molecular weight excluding hydrogens is 434 g/mol. The maximum absolute atomic E-state index is 13.2. The minimum atomic E-state index is -0.802. The van der Waals surface area contributed by atoms with Gasteiger partial charge >= 0.3 is 0 Å². The van der Waals surface area contributed by atoms with Crippen LogP contribution in [0.3, 0.4) is 0 Å². The van der Waals surface area contributed by atoms with E-state index in [4.69, 9.17) is 14.2 Å². The number of hydrogen-bond donors (Lipinski definition) is 1. The van der Waals surface area contributed by atoms with Crippen LogP contribution >= 0.6 is 0 Å². The number of benzene rings is 3. The molecule has 0 saturated carbocycles. The van der Waals surface area contributed by atoms with E-state index in [1.165, 1.54) is 12.0 Å². The minimum Gasteiger partial charge on any atom is -0.507 e. The third-order valence-corrected chi connectivity index (χ3v) is 5.80. The highest BCUT2D eigenvalue weighted by molar-refractivity contribution is 6.46. The van der Waals surface area contributed by atoms with Crippen LogP contribution in [0.1, 0.15) is 22.7 Å². The lowest BCUT2D eigenvalue weighted by Gasteiger charge is -2.26. The fraction of sp³-hybridized carbons (Fsp3) is 0.185. The molecule has 1 fully saturated rings.